The average molecular weight is 431 g/mol. The van der Waals surface area contributed by atoms with Crippen LogP contribution in [0.2, 0.25) is 0 Å². The smallest absolute Gasteiger partial charge is 0.243 e. The van der Waals surface area contributed by atoms with Gasteiger partial charge in [-0.3, -0.25) is 9.48 Å². The average Bonchev–Trinajstić information content (AvgIpc) is 3.16. The van der Waals surface area contributed by atoms with Crippen molar-refractivity contribution in [3.05, 3.63) is 53.5 Å². The summed E-state index contributed by atoms with van der Waals surface area (Å²) in [6.45, 7) is 1.75. The van der Waals surface area contributed by atoms with Crippen molar-refractivity contribution in [2.45, 2.75) is 20.0 Å². The summed E-state index contributed by atoms with van der Waals surface area (Å²) in [5, 5.41) is 10.1. The van der Waals surface area contributed by atoms with Crippen molar-refractivity contribution in [3.8, 4) is 5.75 Å². The van der Waals surface area contributed by atoms with E-state index < -0.39 is 11.6 Å². The van der Waals surface area contributed by atoms with Crippen molar-refractivity contribution in [1.29, 1.82) is 0 Å². The number of carbonyl (C=O) groups excluding carboxylic acids is 1. The van der Waals surface area contributed by atoms with E-state index in [1.807, 2.05) is 0 Å². The van der Waals surface area contributed by atoms with Crippen LogP contribution in [0.4, 0.5) is 26.2 Å². The number of aromatic nitrogens is 4. The highest BCUT2D eigenvalue weighted by Gasteiger charge is 2.15. The van der Waals surface area contributed by atoms with Crippen molar-refractivity contribution < 1.29 is 18.3 Å². The maximum atomic E-state index is 14.4. The number of methoxy groups -OCH3 is 1. The van der Waals surface area contributed by atoms with Crippen LogP contribution in [-0.2, 0) is 17.9 Å². The lowest BCUT2D eigenvalue weighted by molar-refractivity contribution is -0.129. The van der Waals surface area contributed by atoms with E-state index in [0.717, 1.165) is 6.07 Å². The van der Waals surface area contributed by atoms with Crippen LogP contribution in [0.1, 0.15) is 11.1 Å². The van der Waals surface area contributed by atoms with Gasteiger partial charge in [0, 0.05) is 44.2 Å². The molecule has 9 nitrogen and oxygen atoms in total. The zero-order valence-corrected chi connectivity index (χ0v) is 17.6. The Morgan fingerprint density at radius 2 is 2.03 bits per heavy atom. The Kier molecular flexibility index (Phi) is 6.63. The number of likely N-dealkylation sites (N-methyl/N-ethyl adjacent to an activating group) is 1. The molecule has 3 aromatic rings. The first-order valence-electron chi connectivity index (χ1n) is 9.36. The number of hydrogen-bond donors (Lipinski definition) is 2. The highest BCUT2D eigenvalue weighted by molar-refractivity contribution is 5.75. The molecule has 11 heteroatoms. The number of anilines is 3. The first-order valence-corrected chi connectivity index (χ1v) is 9.36. The molecule has 2 aromatic heterocycles. The van der Waals surface area contributed by atoms with Crippen LogP contribution in [-0.4, -0.2) is 51.8 Å². The molecule has 0 bridgehead atoms. The van der Waals surface area contributed by atoms with Crippen LogP contribution < -0.4 is 15.4 Å². The Balaban J connectivity index is 1.72. The van der Waals surface area contributed by atoms with E-state index in [0.29, 0.717) is 17.1 Å². The summed E-state index contributed by atoms with van der Waals surface area (Å²) in [7, 11) is 4.66. The summed E-state index contributed by atoms with van der Waals surface area (Å²) in [5.74, 6) is -0.905. The molecular weight excluding hydrogens is 408 g/mol. The van der Waals surface area contributed by atoms with Gasteiger partial charge in [-0.25, -0.2) is 13.8 Å². The number of halogens is 2. The van der Waals surface area contributed by atoms with Crippen molar-refractivity contribution >= 4 is 23.4 Å². The summed E-state index contributed by atoms with van der Waals surface area (Å²) >= 11 is 0. The minimum atomic E-state index is -0.764. The molecular formula is C20H23F2N7O2. The monoisotopic (exact) mass is 431 g/mol. The number of amides is 1. The van der Waals surface area contributed by atoms with Crippen molar-refractivity contribution in [2.24, 2.45) is 0 Å². The van der Waals surface area contributed by atoms with Gasteiger partial charge in [0.2, 0.25) is 11.9 Å². The van der Waals surface area contributed by atoms with Gasteiger partial charge in [-0.2, -0.15) is 10.1 Å². The highest BCUT2D eigenvalue weighted by atomic mass is 19.1. The number of carbonyl (C=O) groups is 1. The normalized spacial score (nSPS) is 10.6. The fourth-order valence-corrected chi connectivity index (χ4v) is 2.67. The second-order valence-corrected chi connectivity index (χ2v) is 6.96. The highest BCUT2D eigenvalue weighted by Crippen LogP contribution is 2.24. The number of rotatable bonds is 8. The number of aryl methyl sites for hydroxylation is 1. The van der Waals surface area contributed by atoms with E-state index >= 15 is 0 Å². The molecule has 0 aliphatic heterocycles. The molecule has 1 aromatic carbocycles. The second kappa shape index (κ2) is 9.37. The van der Waals surface area contributed by atoms with Gasteiger partial charge in [-0.1, -0.05) is 0 Å². The van der Waals surface area contributed by atoms with E-state index in [1.54, 1.807) is 39.6 Å². The van der Waals surface area contributed by atoms with E-state index in [-0.39, 0.29) is 36.3 Å². The molecule has 0 saturated heterocycles. The molecule has 0 saturated carbocycles. The second-order valence-electron chi connectivity index (χ2n) is 6.96. The third-order valence-corrected chi connectivity index (χ3v) is 4.46. The van der Waals surface area contributed by atoms with Crippen molar-refractivity contribution in [3.63, 3.8) is 0 Å². The summed E-state index contributed by atoms with van der Waals surface area (Å²) in [4.78, 5) is 21.8. The standard InChI is InChI=1S/C20H23F2N7O2/c1-12-7-24-20(26-13-8-25-29(10-13)11-17(30)28(2)3)27-19(12)23-9-14-15(21)5-6-16(31-4)18(14)22/h5-8,10H,9,11H2,1-4H3,(H2,23,24,26,27). The lowest BCUT2D eigenvalue weighted by Crippen LogP contribution is -2.26. The van der Waals surface area contributed by atoms with E-state index in [1.165, 1.54) is 22.8 Å². The van der Waals surface area contributed by atoms with E-state index in [2.05, 4.69) is 25.7 Å². The quantitative estimate of drug-likeness (QED) is 0.566. The maximum Gasteiger partial charge on any atom is 0.243 e. The van der Waals surface area contributed by atoms with E-state index in [4.69, 9.17) is 4.74 Å². The molecule has 0 radical (unpaired) electrons. The summed E-state index contributed by atoms with van der Waals surface area (Å²) in [6.07, 6.45) is 4.77. The Hall–Kier alpha value is -3.76. The van der Waals surface area contributed by atoms with Crippen LogP contribution >= 0.6 is 0 Å². The van der Waals surface area contributed by atoms with Gasteiger partial charge in [0.15, 0.2) is 11.6 Å². The molecule has 2 heterocycles. The zero-order valence-electron chi connectivity index (χ0n) is 17.6. The van der Waals surface area contributed by atoms with Gasteiger partial charge in [-0.05, 0) is 19.1 Å². The van der Waals surface area contributed by atoms with Gasteiger partial charge in [0.1, 0.15) is 18.2 Å². The van der Waals surface area contributed by atoms with Gasteiger partial charge < -0.3 is 20.3 Å². The topological polar surface area (TPSA) is 97.2 Å². The Labute approximate surface area is 178 Å². The van der Waals surface area contributed by atoms with Gasteiger partial charge in [-0.15, -0.1) is 0 Å². The summed E-state index contributed by atoms with van der Waals surface area (Å²) in [5.41, 5.74) is 1.13. The lowest BCUT2D eigenvalue weighted by Gasteiger charge is -2.12. The minimum absolute atomic E-state index is 0.0373. The number of hydrogen-bond acceptors (Lipinski definition) is 7. The lowest BCUT2D eigenvalue weighted by atomic mass is 10.1. The number of nitrogens with one attached hydrogen (secondary N) is 2. The first-order chi connectivity index (χ1) is 14.8. The fraction of sp³-hybridized carbons (Fsp3) is 0.300. The Morgan fingerprint density at radius 3 is 2.74 bits per heavy atom. The molecule has 0 spiro atoms. The molecule has 164 valence electrons. The number of benzene rings is 1. The van der Waals surface area contributed by atoms with Crippen molar-refractivity contribution in [1.82, 2.24) is 24.6 Å². The Morgan fingerprint density at radius 1 is 1.26 bits per heavy atom. The number of ether oxygens (including phenoxy) is 1. The zero-order chi connectivity index (χ0) is 22.5. The van der Waals surface area contributed by atoms with Crippen molar-refractivity contribution in [2.75, 3.05) is 31.8 Å². The first kappa shape index (κ1) is 21.9. The van der Waals surface area contributed by atoms with Crippen LogP contribution in [0, 0.1) is 18.6 Å². The summed E-state index contributed by atoms with van der Waals surface area (Å²) < 4.78 is 34.8. The third-order valence-electron chi connectivity index (χ3n) is 4.46. The minimum Gasteiger partial charge on any atom is -0.494 e. The molecule has 3 rings (SSSR count). The largest absolute Gasteiger partial charge is 0.494 e. The fourth-order valence-electron chi connectivity index (χ4n) is 2.67. The maximum absolute atomic E-state index is 14.4. The molecule has 0 fully saturated rings. The van der Waals surface area contributed by atoms with Crippen LogP contribution in [0.25, 0.3) is 0 Å². The molecule has 2 N–H and O–H groups in total. The molecule has 0 aliphatic carbocycles. The predicted molar refractivity (Wildman–Crippen MR) is 111 cm³/mol. The van der Waals surface area contributed by atoms with Gasteiger partial charge >= 0.3 is 0 Å². The predicted octanol–water partition coefficient (Wildman–Crippen LogP) is 2.71. The Bertz CT molecular complexity index is 1090. The molecule has 0 unspecified atom stereocenters. The molecule has 1 amide bonds. The van der Waals surface area contributed by atoms with E-state index in [9.17, 15) is 13.6 Å². The van der Waals surface area contributed by atoms with Gasteiger partial charge in [0.25, 0.3) is 0 Å². The van der Waals surface area contributed by atoms with Crippen LogP contribution in [0.5, 0.6) is 5.75 Å². The number of nitrogens with zero attached hydrogens (tertiary/aromatic N) is 5. The molecule has 0 aliphatic rings. The summed E-state index contributed by atoms with van der Waals surface area (Å²) in [6, 6.07) is 2.38. The molecule has 31 heavy (non-hydrogen) atoms. The SMILES string of the molecule is COc1ccc(F)c(CNc2nc(Nc3cnn(CC(=O)N(C)C)c3)ncc2C)c1F. The molecule has 0 atom stereocenters. The van der Waals surface area contributed by atoms with Crippen LogP contribution in [0.3, 0.4) is 0 Å². The van der Waals surface area contributed by atoms with Crippen LogP contribution in [0.15, 0.2) is 30.7 Å². The van der Waals surface area contributed by atoms with Gasteiger partial charge in [0.05, 0.1) is 19.0 Å². The third kappa shape index (κ3) is 5.24.